The molecule has 0 spiro atoms. The summed E-state index contributed by atoms with van der Waals surface area (Å²) < 4.78 is 26.1. The summed E-state index contributed by atoms with van der Waals surface area (Å²) in [5, 5.41) is 0.499. The largest absolute Gasteiger partial charge is 0.346 e. The third-order valence-electron chi connectivity index (χ3n) is 2.93. The van der Waals surface area contributed by atoms with Crippen molar-refractivity contribution in [1.82, 2.24) is 9.97 Å². The van der Waals surface area contributed by atoms with Gasteiger partial charge in [-0.2, -0.15) is 0 Å². The molecule has 2 heterocycles. The second-order valence-corrected chi connectivity index (χ2v) is 3.99. The Hall–Kier alpha value is -2.23. The van der Waals surface area contributed by atoms with E-state index in [1.165, 1.54) is 12.3 Å². The van der Waals surface area contributed by atoms with Gasteiger partial charge < -0.3 is 4.98 Å². The Kier molecular flexibility index (Phi) is 2.55. The molecule has 1 N–H and O–H groups in total. The molecule has 1 aromatic carbocycles. The van der Waals surface area contributed by atoms with Gasteiger partial charge >= 0.3 is 0 Å². The number of aromatic amines is 1. The quantitative estimate of drug-likeness (QED) is 0.720. The molecular formula is C14H10F2N2. The van der Waals surface area contributed by atoms with Gasteiger partial charge in [-0.25, -0.2) is 13.8 Å². The van der Waals surface area contributed by atoms with Crippen LogP contribution >= 0.6 is 0 Å². The number of aromatic nitrogens is 2. The van der Waals surface area contributed by atoms with Crippen LogP contribution in [0.1, 0.15) is 12.0 Å². The van der Waals surface area contributed by atoms with Gasteiger partial charge in [-0.3, -0.25) is 0 Å². The maximum atomic E-state index is 13.0. The molecule has 0 aliphatic heterocycles. The lowest BCUT2D eigenvalue weighted by Crippen LogP contribution is -1.88. The highest BCUT2D eigenvalue weighted by molar-refractivity contribution is 5.96. The zero-order chi connectivity index (χ0) is 12.5. The Morgan fingerprint density at radius 2 is 1.83 bits per heavy atom. The van der Waals surface area contributed by atoms with Crippen molar-refractivity contribution in [2.75, 3.05) is 0 Å². The van der Waals surface area contributed by atoms with Gasteiger partial charge in [0.2, 0.25) is 0 Å². The van der Waals surface area contributed by atoms with Crippen molar-refractivity contribution in [1.29, 1.82) is 0 Å². The van der Waals surface area contributed by atoms with Crippen LogP contribution in [0.15, 0.2) is 48.8 Å². The van der Waals surface area contributed by atoms with Crippen molar-refractivity contribution >= 4 is 11.0 Å². The molecule has 0 radical (unpaired) electrons. The summed E-state index contributed by atoms with van der Waals surface area (Å²) in [5.74, 6) is 0. The van der Waals surface area contributed by atoms with Gasteiger partial charge in [-0.05, 0) is 11.6 Å². The first-order valence-electron chi connectivity index (χ1n) is 5.57. The Balaban J connectivity index is 2.31. The summed E-state index contributed by atoms with van der Waals surface area (Å²) >= 11 is 0. The fourth-order valence-corrected chi connectivity index (χ4v) is 2.11. The summed E-state index contributed by atoms with van der Waals surface area (Å²) in [4.78, 5) is 7.02. The molecule has 3 aromatic rings. The van der Waals surface area contributed by atoms with Crippen LogP contribution in [0.4, 0.5) is 8.78 Å². The average molecular weight is 244 g/mol. The minimum Gasteiger partial charge on any atom is -0.346 e. The van der Waals surface area contributed by atoms with E-state index in [1.807, 2.05) is 30.3 Å². The molecule has 0 unspecified atom stereocenters. The van der Waals surface area contributed by atoms with Crippen LogP contribution in [-0.4, -0.2) is 9.97 Å². The molecule has 0 aliphatic rings. The maximum Gasteiger partial charge on any atom is 0.264 e. The summed E-state index contributed by atoms with van der Waals surface area (Å²) in [6, 6.07) is 10.8. The fourth-order valence-electron chi connectivity index (χ4n) is 2.11. The van der Waals surface area contributed by atoms with E-state index in [-0.39, 0.29) is 5.56 Å². The van der Waals surface area contributed by atoms with Crippen molar-refractivity contribution in [3.63, 3.8) is 0 Å². The summed E-state index contributed by atoms with van der Waals surface area (Å²) in [7, 11) is 0. The maximum absolute atomic E-state index is 13.0. The molecule has 0 amide bonds. The zero-order valence-electron chi connectivity index (χ0n) is 9.40. The first kappa shape index (κ1) is 10.9. The highest BCUT2D eigenvalue weighted by Gasteiger charge is 2.16. The molecule has 2 aromatic heterocycles. The Morgan fingerprint density at radius 3 is 2.56 bits per heavy atom. The molecule has 0 aliphatic carbocycles. The molecule has 2 nitrogen and oxygen atoms in total. The van der Waals surface area contributed by atoms with Gasteiger partial charge in [-0.1, -0.05) is 30.3 Å². The van der Waals surface area contributed by atoms with Gasteiger partial charge in [0.15, 0.2) is 0 Å². The van der Waals surface area contributed by atoms with E-state index < -0.39 is 6.43 Å². The standard InChI is InChI=1S/C14H10F2N2/c15-13(16)10-6-7-17-14-12(10)11(8-18-14)9-4-2-1-3-5-9/h1-8,13H,(H,17,18). The number of fused-ring (bicyclic) bond motifs is 1. The second-order valence-electron chi connectivity index (χ2n) is 3.99. The normalized spacial score (nSPS) is 11.3. The molecule has 0 bridgehead atoms. The Labute approximate surface area is 102 Å². The van der Waals surface area contributed by atoms with Crippen LogP contribution < -0.4 is 0 Å². The molecule has 0 saturated carbocycles. The number of benzene rings is 1. The lowest BCUT2D eigenvalue weighted by atomic mass is 10.0. The minimum atomic E-state index is -2.51. The number of pyridine rings is 1. The number of halogens is 2. The van der Waals surface area contributed by atoms with Gasteiger partial charge in [0, 0.05) is 28.9 Å². The van der Waals surface area contributed by atoms with Crippen LogP contribution in [0.25, 0.3) is 22.2 Å². The molecule has 0 atom stereocenters. The van der Waals surface area contributed by atoms with E-state index in [9.17, 15) is 8.78 Å². The minimum absolute atomic E-state index is 0.0140. The van der Waals surface area contributed by atoms with Crippen molar-refractivity contribution in [3.05, 3.63) is 54.4 Å². The van der Waals surface area contributed by atoms with E-state index in [2.05, 4.69) is 9.97 Å². The Morgan fingerprint density at radius 1 is 1.06 bits per heavy atom. The van der Waals surface area contributed by atoms with Crippen LogP contribution in [0.3, 0.4) is 0 Å². The Bertz CT molecular complexity index is 675. The lowest BCUT2D eigenvalue weighted by Gasteiger charge is -2.04. The monoisotopic (exact) mass is 244 g/mol. The summed E-state index contributed by atoms with van der Waals surface area (Å²) in [6.07, 6.45) is 0.613. The number of nitrogens with one attached hydrogen (secondary N) is 1. The number of H-pyrrole nitrogens is 1. The highest BCUT2D eigenvalue weighted by Crippen LogP contribution is 2.34. The molecule has 4 heteroatoms. The van der Waals surface area contributed by atoms with Crippen molar-refractivity contribution in [2.45, 2.75) is 6.43 Å². The molecule has 0 fully saturated rings. The van der Waals surface area contributed by atoms with Crippen LogP contribution in [0, 0.1) is 0 Å². The van der Waals surface area contributed by atoms with E-state index in [4.69, 9.17) is 0 Å². The molecule has 0 saturated heterocycles. The van der Waals surface area contributed by atoms with E-state index in [1.54, 1.807) is 6.20 Å². The van der Waals surface area contributed by atoms with Gasteiger partial charge in [0.1, 0.15) is 5.65 Å². The first-order valence-corrected chi connectivity index (χ1v) is 5.57. The first-order chi connectivity index (χ1) is 8.77. The molecule has 3 rings (SSSR count). The van der Waals surface area contributed by atoms with Gasteiger partial charge in [0.25, 0.3) is 6.43 Å². The number of alkyl halides is 2. The average Bonchev–Trinajstić information content (AvgIpc) is 2.83. The predicted molar refractivity (Wildman–Crippen MR) is 66.5 cm³/mol. The zero-order valence-corrected chi connectivity index (χ0v) is 9.40. The molecule has 18 heavy (non-hydrogen) atoms. The fraction of sp³-hybridized carbons (Fsp3) is 0.0714. The van der Waals surface area contributed by atoms with Crippen molar-refractivity contribution in [2.24, 2.45) is 0 Å². The molecule has 90 valence electrons. The van der Waals surface area contributed by atoms with E-state index in [0.717, 1.165) is 11.1 Å². The highest BCUT2D eigenvalue weighted by atomic mass is 19.3. The van der Waals surface area contributed by atoms with Crippen LogP contribution in [0.2, 0.25) is 0 Å². The molecular weight excluding hydrogens is 234 g/mol. The number of rotatable bonds is 2. The second kappa shape index (κ2) is 4.22. The third kappa shape index (κ3) is 1.66. The van der Waals surface area contributed by atoms with Crippen molar-refractivity contribution < 1.29 is 8.78 Å². The van der Waals surface area contributed by atoms with Crippen LogP contribution in [0.5, 0.6) is 0 Å². The van der Waals surface area contributed by atoms with Gasteiger partial charge in [-0.15, -0.1) is 0 Å². The number of hydrogen-bond donors (Lipinski definition) is 1. The van der Waals surface area contributed by atoms with Gasteiger partial charge in [0.05, 0.1) is 0 Å². The topological polar surface area (TPSA) is 28.7 Å². The smallest absolute Gasteiger partial charge is 0.264 e. The summed E-state index contributed by atoms with van der Waals surface area (Å²) in [6.45, 7) is 0. The summed E-state index contributed by atoms with van der Waals surface area (Å²) in [5.41, 5.74) is 2.17. The predicted octanol–water partition coefficient (Wildman–Crippen LogP) is 4.17. The lowest BCUT2D eigenvalue weighted by molar-refractivity contribution is 0.153. The third-order valence-corrected chi connectivity index (χ3v) is 2.93. The van der Waals surface area contributed by atoms with Crippen molar-refractivity contribution in [3.8, 4) is 11.1 Å². The van der Waals surface area contributed by atoms with E-state index in [0.29, 0.717) is 11.0 Å². The number of hydrogen-bond acceptors (Lipinski definition) is 1. The SMILES string of the molecule is FC(F)c1ccnc2[nH]cc(-c3ccccc3)c12. The van der Waals surface area contributed by atoms with E-state index >= 15 is 0 Å². The van der Waals surface area contributed by atoms with Crippen LogP contribution in [-0.2, 0) is 0 Å². The number of nitrogens with zero attached hydrogens (tertiary/aromatic N) is 1.